The van der Waals surface area contributed by atoms with Gasteiger partial charge in [0.2, 0.25) is 29.5 Å². The van der Waals surface area contributed by atoms with Crippen LogP contribution in [-0.2, 0) is 79.6 Å². The molecule has 2 fully saturated rings. The number of benzene rings is 3. The summed E-state index contributed by atoms with van der Waals surface area (Å²) in [5.74, 6) is 3.81. The van der Waals surface area contributed by atoms with Crippen molar-refractivity contribution in [1.29, 1.82) is 0 Å². The number of ether oxygens (including phenoxy) is 8. The fourth-order valence-electron chi connectivity index (χ4n) is 11.2. The van der Waals surface area contributed by atoms with Crippen molar-refractivity contribution in [2.75, 3.05) is 96.9 Å². The number of esters is 1. The molecule has 7 rings (SSSR count). The molecule has 4 aliphatic heterocycles. The van der Waals surface area contributed by atoms with E-state index in [2.05, 4.69) is 27.8 Å². The first-order valence-corrected chi connectivity index (χ1v) is 31.6. The van der Waals surface area contributed by atoms with E-state index in [0.29, 0.717) is 102 Å². The van der Waals surface area contributed by atoms with Crippen LogP contribution in [0, 0.1) is 24.7 Å². The van der Waals surface area contributed by atoms with Crippen molar-refractivity contribution in [3.8, 4) is 11.8 Å². The number of methoxy groups -OCH3 is 1. The largest absolute Gasteiger partial charge is 0.457 e. The summed E-state index contributed by atoms with van der Waals surface area (Å²) in [6, 6.07) is 18.0. The minimum Gasteiger partial charge on any atom is -0.457 e. The van der Waals surface area contributed by atoms with E-state index in [1.165, 1.54) is 24.0 Å². The average molecular weight is 1280 g/mol. The molecule has 4 heterocycles. The van der Waals surface area contributed by atoms with Gasteiger partial charge in [0.05, 0.1) is 88.3 Å². The van der Waals surface area contributed by atoms with Crippen LogP contribution in [0.1, 0.15) is 113 Å². The summed E-state index contributed by atoms with van der Waals surface area (Å²) in [4.78, 5) is 97.7. The van der Waals surface area contributed by atoms with Crippen molar-refractivity contribution in [3.05, 3.63) is 117 Å². The fourth-order valence-corrected chi connectivity index (χ4v) is 11.4. The highest BCUT2D eigenvalue weighted by Gasteiger charge is 2.64. The Kier molecular flexibility index (Phi) is 27.0. The molecular formula is C68H89ClN6O16. The van der Waals surface area contributed by atoms with E-state index in [1.54, 1.807) is 44.9 Å². The van der Waals surface area contributed by atoms with Gasteiger partial charge in [-0.2, -0.15) is 0 Å². The molecule has 2 unspecified atom stereocenters. The van der Waals surface area contributed by atoms with E-state index < -0.39 is 65.7 Å². The van der Waals surface area contributed by atoms with Gasteiger partial charge < -0.3 is 68.3 Å². The second-order valence-electron chi connectivity index (χ2n) is 23.6. The number of epoxide rings is 1. The topological polar surface area (TPSA) is 263 Å². The zero-order chi connectivity index (χ0) is 65.7. The maximum absolute atomic E-state index is 14.3. The van der Waals surface area contributed by atoms with Gasteiger partial charge in [-0.25, -0.2) is 9.59 Å². The normalized spacial score (nSPS) is 23.3. The Morgan fingerprint density at radius 3 is 2.21 bits per heavy atom. The number of hydrogen-bond donors (Lipinski definition) is 4. The van der Waals surface area contributed by atoms with Crippen LogP contribution >= 0.6 is 11.6 Å². The van der Waals surface area contributed by atoms with Crippen molar-refractivity contribution in [2.45, 2.75) is 147 Å². The molecule has 0 aromatic heterocycles. The number of carbonyl (C=O) groups excluding carboxylic acids is 7. The fraction of sp³-hybridized carbons (Fsp3) is 0.544. The number of fused-ring (bicyclic) bond motifs is 7. The molecule has 4 bridgehead atoms. The lowest BCUT2D eigenvalue weighted by Gasteiger charge is -2.42. The van der Waals surface area contributed by atoms with Crippen LogP contribution < -0.4 is 25.8 Å². The summed E-state index contributed by atoms with van der Waals surface area (Å²) >= 11 is 6.84. The molecular weight excluding hydrogens is 1190 g/mol. The lowest BCUT2D eigenvalue weighted by molar-refractivity contribution is -0.162. The molecule has 0 aliphatic carbocycles. The molecule has 6 amide bonds. The van der Waals surface area contributed by atoms with Crippen molar-refractivity contribution in [1.82, 2.24) is 20.9 Å². The lowest BCUT2D eigenvalue weighted by atomic mass is 9.83. The molecule has 8 atom stereocenters. The molecule has 23 heteroatoms. The monoisotopic (exact) mass is 1280 g/mol. The Balaban J connectivity index is 0.732. The van der Waals surface area contributed by atoms with E-state index in [0.717, 1.165) is 39.1 Å². The highest BCUT2D eigenvalue weighted by molar-refractivity contribution is 6.34. The van der Waals surface area contributed by atoms with Crippen LogP contribution in [0.4, 0.5) is 16.2 Å². The number of unbranched alkanes of at least 4 members (excludes halogenated alkanes) is 2. The van der Waals surface area contributed by atoms with Crippen LogP contribution in [-0.4, -0.2) is 181 Å². The molecule has 0 radical (unpaired) electrons. The number of rotatable bonds is 28. The van der Waals surface area contributed by atoms with Gasteiger partial charge in [-0.1, -0.05) is 97.0 Å². The zero-order valence-corrected chi connectivity index (χ0v) is 54.4. The predicted molar refractivity (Wildman–Crippen MR) is 341 cm³/mol. The number of amides is 6. The first-order chi connectivity index (χ1) is 43.6. The first-order valence-electron chi connectivity index (χ1n) is 31.2. The second-order valence-corrected chi connectivity index (χ2v) is 24.0. The van der Waals surface area contributed by atoms with Crippen molar-refractivity contribution < 1.29 is 76.6 Å². The minimum absolute atomic E-state index is 0.0478. The Labute approximate surface area is 538 Å². The Bertz CT molecular complexity index is 3170. The molecule has 91 heavy (non-hydrogen) atoms. The van der Waals surface area contributed by atoms with Gasteiger partial charge in [-0.15, -0.1) is 0 Å². The Morgan fingerprint density at radius 1 is 0.835 bits per heavy atom. The number of hydrogen-bond acceptors (Lipinski definition) is 16. The van der Waals surface area contributed by atoms with Gasteiger partial charge in [0.1, 0.15) is 30.0 Å². The van der Waals surface area contributed by atoms with Crippen molar-refractivity contribution in [3.63, 3.8) is 0 Å². The smallest absolute Gasteiger partial charge is 0.409 e. The third-order valence-corrected chi connectivity index (χ3v) is 17.3. The van der Waals surface area contributed by atoms with E-state index in [9.17, 15) is 38.7 Å². The van der Waals surface area contributed by atoms with Crippen molar-refractivity contribution >= 4 is 64.6 Å². The van der Waals surface area contributed by atoms with E-state index >= 15 is 0 Å². The number of likely N-dealkylation sites (N-methyl/N-ethyl adjacent to an activating group) is 1. The lowest BCUT2D eigenvalue weighted by Crippen LogP contribution is -2.63. The second kappa shape index (κ2) is 34.5. The number of carbonyl (C=O) groups is 7. The van der Waals surface area contributed by atoms with Gasteiger partial charge >= 0.3 is 12.1 Å². The van der Waals surface area contributed by atoms with Gasteiger partial charge in [0, 0.05) is 83.4 Å². The summed E-state index contributed by atoms with van der Waals surface area (Å²) in [6.07, 6.45) is 3.05. The summed E-state index contributed by atoms with van der Waals surface area (Å²) in [5.41, 5.74) is 3.27. The van der Waals surface area contributed by atoms with Gasteiger partial charge in [0.25, 0.3) is 0 Å². The van der Waals surface area contributed by atoms with Gasteiger partial charge in [0.15, 0.2) is 5.72 Å². The van der Waals surface area contributed by atoms with Crippen molar-refractivity contribution in [2.24, 2.45) is 5.92 Å². The highest BCUT2D eigenvalue weighted by atomic mass is 35.5. The standard InChI is InChI=1S/C68H89ClN6O16/c1-45-17-16-22-56(84-8)68(83)43-55(89-66(82)72-68)47(3)64-67(5,91-64)57(42-62(80)74(7)54-41-49(39-45)40-46(2)63(54)69)90-65(81)48(4)73(6)60(78)23-10-9-15-29-70-59(77)28-31-85-33-35-87-37-38-88-36-34-86-32-30-71-58(76)26-27-61(79)75-44-52-20-12-11-18-50(52)24-25-51-19-13-14-21-53(51)75/h11-14,16-22,40-41,47-48,55-57,64,83H,9-10,15,23,26-39,42-44H2,1-8H3,(H,70,77)(H,71,76)(H,72,82)/b22-16+,45-17+/t47-,48-,55?,56-,57+,64?,67+,68+/m1/s1. The summed E-state index contributed by atoms with van der Waals surface area (Å²) in [7, 11) is 4.55. The number of nitrogens with zero attached hydrogens (tertiary/aromatic N) is 3. The number of nitrogens with one attached hydrogen (secondary N) is 3. The SMILES string of the molecule is CO[C@@H]1/C=C/C=C(\C)Cc2cc(C)c(Cl)c(c2)N(C)C(=O)C[C@H](OC(=O)[C@@H](C)N(C)C(=O)CCCCCNC(=O)CCOCCOCCOCCOCCNC(=O)CCC(=O)N2Cc3ccccc3C#Cc3ccccc32)[C@]2(C)OC2[C@H](C)C2C[C@@]1(O)NC(=O)O2. The molecule has 2 saturated heterocycles. The van der Waals surface area contributed by atoms with E-state index in [-0.39, 0.29) is 68.8 Å². The van der Waals surface area contributed by atoms with E-state index in [4.69, 9.17) is 49.5 Å². The average Bonchev–Trinajstić information content (AvgIpc) is 1.58. The number of alkyl carbamates (subject to hydrolysis) is 1. The summed E-state index contributed by atoms with van der Waals surface area (Å²) in [5, 5.41) is 20.4. The molecule has 3 aromatic carbocycles. The maximum Gasteiger partial charge on any atom is 0.409 e. The van der Waals surface area contributed by atoms with Crippen LogP contribution in [0.2, 0.25) is 5.02 Å². The maximum atomic E-state index is 14.3. The summed E-state index contributed by atoms with van der Waals surface area (Å²) in [6.45, 7) is 12.5. The third kappa shape index (κ3) is 20.4. The molecule has 22 nitrogen and oxygen atoms in total. The molecule has 0 spiro atoms. The Hall–Kier alpha value is -7.20. The number of aryl methyl sites for hydroxylation is 1. The van der Waals surface area contributed by atoms with Gasteiger partial charge in [-0.3, -0.25) is 29.3 Å². The number of anilines is 2. The molecule has 3 aromatic rings. The molecule has 0 saturated carbocycles. The minimum atomic E-state index is -1.85. The predicted octanol–water partition coefficient (Wildman–Crippen LogP) is 6.79. The molecule has 494 valence electrons. The van der Waals surface area contributed by atoms with Gasteiger partial charge in [-0.05, 0) is 87.9 Å². The molecule has 4 N–H and O–H groups in total. The number of allylic oxidation sites excluding steroid dienone is 3. The number of para-hydroxylation sites is 1. The quantitative estimate of drug-likeness (QED) is 0.0252. The van der Waals surface area contributed by atoms with Crippen LogP contribution in [0.5, 0.6) is 0 Å². The van der Waals surface area contributed by atoms with Crippen LogP contribution in [0.3, 0.4) is 0 Å². The summed E-state index contributed by atoms with van der Waals surface area (Å²) < 4.78 is 46.1. The number of aliphatic hydroxyl groups is 1. The van der Waals surface area contributed by atoms with Crippen LogP contribution in [0.25, 0.3) is 0 Å². The zero-order valence-electron chi connectivity index (χ0n) is 53.6. The third-order valence-electron chi connectivity index (χ3n) is 16.8. The molecule has 4 aliphatic rings. The van der Waals surface area contributed by atoms with Crippen LogP contribution in [0.15, 0.2) is 84.5 Å². The van der Waals surface area contributed by atoms with E-state index in [1.807, 2.05) is 80.6 Å². The first kappa shape index (κ1) is 71.2. The number of halogens is 1. The Morgan fingerprint density at radius 2 is 1.48 bits per heavy atom. The highest BCUT2D eigenvalue weighted by Crippen LogP contribution is 2.49.